The van der Waals surface area contributed by atoms with Crippen molar-refractivity contribution in [3.8, 4) is 0 Å². The number of thiol groups is 1. The van der Waals surface area contributed by atoms with Gasteiger partial charge in [-0.25, -0.2) is 0 Å². The van der Waals surface area contributed by atoms with E-state index in [0.29, 0.717) is 17.6 Å². The third-order valence-corrected chi connectivity index (χ3v) is 3.08. The Morgan fingerprint density at radius 1 is 1.50 bits per heavy atom. The highest BCUT2D eigenvalue weighted by Gasteiger charge is 2.11. The maximum absolute atomic E-state index is 11.6. The Balaban J connectivity index is 3.07. The smallest absolute Gasteiger partial charge is 0.164 e. The van der Waals surface area contributed by atoms with Crippen LogP contribution in [0.5, 0.6) is 0 Å². The Morgan fingerprint density at radius 2 is 2.21 bits per heavy atom. The van der Waals surface area contributed by atoms with Crippen molar-refractivity contribution < 1.29 is 4.79 Å². The summed E-state index contributed by atoms with van der Waals surface area (Å²) in [7, 11) is 0. The van der Waals surface area contributed by atoms with Crippen molar-refractivity contribution in [3.05, 3.63) is 29.3 Å². The number of halogens is 2. The lowest BCUT2D eigenvalue weighted by molar-refractivity contribution is 0.0988. The molecule has 0 saturated heterocycles. The van der Waals surface area contributed by atoms with E-state index < -0.39 is 0 Å². The number of Topliss-reactive ketones (excluding diaryl/α,β-unsaturated/α-hetero) is 1. The standard InChI is InChI=1S/C10H10BrClOS/c11-6-8-7(9(13)4-5-12)2-1-3-10(8)14/h1-3,14H,4-6H2. The second-order valence-electron chi connectivity index (χ2n) is 2.80. The van der Waals surface area contributed by atoms with Crippen molar-refractivity contribution >= 4 is 45.9 Å². The summed E-state index contributed by atoms with van der Waals surface area (Å²) in [4.78, 5) is 12.5. The highest BCUT2D eigenvalue weighted by atomic mass is 79.9. The van der Waals surface area contributed by atoms with Crippen LogP contribution in [0.15, 0.2) is 23.1 Å². The third-order valence-electron chi connectivity index (χ3n) is 1.91. The van der Waals surface area contributed by atoms with Gasteiger partial charge in [0.1, 0.15) is 0 Å². The maximum atomic E-state index is 11.6. The minimum Gasteiger partial charge on any atom is -0.294 e. The van der Waals surface area contributed by atoms with E-state index in [0.717, 1.165) is 16.0 Å². The summed E-state index contributed by atoms with van der Waals surface area (Å²) in [6.07, 6.45) is 0.374. The Hall–Kier alpha value is 0.01000. The lowest BCUT2D eigenvalue weighted by atomic mass is 10.0. The molecule has 1 aromatic carbocycles. The molecule has 0 aliphatic heterocycles. The first-order valence-corrected chi connectivity index (χ1v) is 6.27. The minimum absolute atomic E-state index is 0.0744. The number of carbonyl (C=O) groups excluding carboxylic acids is 1. The summed E-state index contributed by atoms with van der Waals surface area (Å²) in [6.45, 7) is 0. The molecule has 0 atom stereocenters. The molecule has 0 radical (unpaired) electrons. The molecular formula is C10H10BrClOS. The fraction of sp³-hybridized carbons (Fsp3) is 0.300. The van der Waals surface area contributed by atoms with Crippen LogP contribution in [0.25, 0.3) is 0 Å². The number of rotatable bonds is 4. The molecule has 0 fully saturated rings. The molecule has 0 spiro atoms. The largest absolute Gasteiger partial charge is 0.294 e. The van der Waals surface area contributed by atoms with E-state index in [4.69, 9.17) is 11.6 Å². The first-order valence-electron chi connectivity index (χ1n) is 4.16. The van der Waals surface area contributed by atoms with Crippen LogP contribution in [0, 0.1) is 0 Å². The van der Waals surface area contributed by atoms with Crippen molar-refractivity contribution in [1.29, 1.82) is 0 Å². The van der Waals surface area contributed by atoms with E-state index in [1.54, 1.807) is 0 Å². The van der Waals surface area contributed by atoms with Crippen molar-refractivity contribution in [2.75, 3.05) is 5.88 Å². The summed E-state index contributed by atoms with van der Waals surface area (Å²) >= 11 is 13.2. The molecule has 76 valence electrons. The van der Waals surface area contributed by atoms with Gasteiger partial charge in [0.05, 0.1) is 0 Å². The first-order chi connectivity index (χ1) is 6.70. The molecule has 1 nitrogen and oxygen atoms in total. The van der Waals surface area contributed by atoms with Gasteiger partial charge >= 0.3 is 0 Å². The van der Waals surface area contributed by atoms with Gasteiger partial charge in [-0.1, -0.05) is 28.1 Å². The number of alkyl halides is 2. The summed E-state index contributed by atoms with van der Waals surface area (Å²) in [5.74, 6) is 0.433. The van der Waals surface area contributed by atoms with Gasteiger partial charge in [0.15, 0.2) is 5.78 Å². The lowest BCUT2D eigenvalue weighted by Gasteiger charge is -2.07. The quantitative estimate of drug-likeness (QED) is 0.509. The topological polar surface area (TPSA) is 17.1 Å². The molecule has 0 N–H and O–H groups in total. The summed E-state index contributed by atoms with van der Waals surface area (Å²) in [5.41, 5.74) is 1.65. The zero-order valence-electron chi connectivity index (χ0n) is 7.46. The monoisotopic (exact) mass is 292 g/mol. The fourth-order valence-corrected chi connectivity index (χ4v) is 2.47. The molecule has 0 aromatic heterocycles. The van der Waals surface area contributed by atoms with Crippen LogP contribution in [0.3, 0.4) is 0 Å². The SMILES string of the molecule is O=C(CCCl)c1cccc(S)c1CBr. The number of carbonyl (C=O) groups is 1. The van der Waals surface area contributed by atoms with Crippen LogP contribution in [0.2, 0.25) is 0 Å². The Morgan fingerprint density at radius 3 is 2.79 bits per heavy atom. The van der Waals surface area contributed by atoms with E-state index in [1.165, 1.54) is 0 Å². The van der Waals surface area contributed by atoms with Gasteiger partial charge in [-0.3, -0.25) is 4.79 Å². The molecular weight excluding hydrogens is 284 g/mol. The Labute approximate surface area is 102 Å². The zero-order valence-corrected chi connectivity index (χ0v) is 10.7. The second kappa shape index (κ2) is 5.79. The molecule has 0 aliphatic carbocycles. The molecule has 0 unspecified atom stereocenters. The van der Waals surface area contributed by atoms with Gasteiger partial charge in [-0.05, 0) is 11.6 Å². The average molecular weight is 294 g/mol. The molecule has 0 heterocycles. The highest BCUT2D eigenvalue weighted by Crippen LogP contribution is 2.22. The normalized spacial score (nSPS) is 10.2. The van der Waals surface area contributed by atoms with Crippen LogP contribution >= 0.6 is 40.2 Å². The van der Waals surface area contributed by atoms with Gasteiger partial charge in [0, 0.05) is 28.1 Å². The van der Waals surface area contributed by atoms with Gasteiger partial charge in [-0.15, -0.1) is 24.2 Å². The molecule has 4 heteroatoms. The molecule has 1 aromatic rings. The zero-order chi connectivity index (χ0) is 10.6. The van der Waals surface area contributed by atoms with E-state index in [2.05, 4.69) is 28.6 Å². The first kappa shape index (κ1) is 12.1. The van der Waals surface area contributed by atoms with Gasteiger partial charge in [0.25, 0.3) is 0 Å². The predicted molar refractivity (Wildman–Crippen MR) is 66.0 cm³/mol. The molecule has 0 bridgehead atoms. The molecule has 0 aliphatic rings. The minimum atomic E-state index is 0.0744. The van der Waals surface area contributed by atoms with Crippen LogP contribution in [0.4, 0.5) is 0 Å². The third kappa shape index (κ3) is 2.75. The van der Waals surface area contributed by atoms with Crippen molar-refractivity contribution in [2.45, 2.75) is 16.6 Å². The predicted octanol–water partition coefficient (Wildman–Crippen LogP) is 3.68. The van der Waals surface area contributed by atoms with E-state index in [1.807, 2.05) is 18.2 Å². The molecule has 0 saturated carbocycles. The van der Waals surface area contributed by atoms with Crippen LogP contribution < -0.4 is 0 Å². The molecule has 0 amide bonds. The highest BCUT2D eigenvalue weighted by molar-refractivity contribution is 9.08. The van der Waals surface area contributed by atoms with Crippen LogP contribution in [-0.2, 0) is 5.33 Å². The van der Waals surface area contributed by atoms with E-state index in [9.17, 15) is 4.79 Å². The van der Waals surface area contributed by atoms with Gasteiger partial charge in [0.2, 0.25) is 0 Å². The second-order valence-corrected chi connectivity index (χ2v) is 4.22. The van der Waals surface area contributed by atoms with Crippen molar-refractivity contribution in [1.82, 2.24) is 0 Å². The molecule has 14 heavy (non-hydrogen) atoms. The summed E-state index contributed by atoms with van der Waals surface area (Å²) < 4.78 is 0. The molecule has 1 rings (SSSR count). The van der Waals surface area contributed by atoms with Crippen LogP contribution in [-0.4, -0.2) is 11.7 Å². The van der Waals surface area contributed by atoms with E-state index in [-0.39, 0.29) is 5.78 Å². The number of benzene rings is 1. The van der Waals surface area contributed by atoms with Crippen molar-refractivity contribution in [2.24, 2.45) is 0 Å². The number of ketones is 1. The summed E-state index contributed by atoms with van der Waals surface area (Å²) in [5, 5.41) is 0.635. The number of hydrogen-bond acceptors (Lipinski definition) is 2. The van der Waals surface area contributed by atoms with Gasteiger partial charge < -0.3 is 0 Å². The summed E-state index contributed by atoms with van der Waals surface area (Å²) in [6, 6.07) is 5.51. The van der Waals surface area contributed by atoms with Gasteiger partial charge in [-0.2, -0.15) is 0 Å². The lowest BCUT2D eigenvalue weighted by Crippen LogP contribution is -2.04. The Kier molecular flexibility index (Phi) is 4.99. The maximum Gasteiger partial charge on any atom is 0.164 e. The average Bonchev–Trinajstić information content (AvgIpc) is 2.17. The fourth-order valence-electron chi connectivity index (χ4n) is 1.20. The Bertz CT molecular complexity index is 341. The van der Waals surface area contributed by atoms with E-state index >= 15 is 0 Å². The van der Waals surface area contributed by atoms with Crippen molar-refractivity contribution in [3.63, 3.8) is 0 Å². The van der Waals surface area contributed by atoms with Crippen LogP contribution in [0.1, 0.15) is 22.3 Å². The number of hydrogen-bond donors (Lipinski definition) is 1.